The normalized spacial score (nSPS) is 18.1. The molecule has 1 aromatic rings. The van der Waals surface area contributed by atoms with E-state index in [0.29, 0.717) is 6.04 Å². The van der Waals surface area contributed by atoms with Crippen molar-refractivity contribution in [3.05, 3.63) is 29.8 Å². The standard InChI is InChI=1S/C19H33N3O/c1-4-19(16-6-8-17(9-7-16)21(2)3)20-12-5-13-22-14-10-18(23)11-15-22/h6-9,18-20,23H,4-5,10-15H2,1-3H3. The lowest BCUT2D eigenvalue weighted by molar-refractivity contribution is 0.0820. The number of aliphatic hydroxyl groups excluding tert-OH is 1. The minimum Gasteiger partial charge on any atom is -0.393 e. The van der Waals surface area contributed by atoms with Gasteiger partial charge < -0.3 is 20.2 Å². The summed E-state index contributed by atoms with van der Waals surface area (Å²) >= 11 is 0. The third-order valence-electron chi connectivity index (χ3n) is 4.82. The molecule has 0 aliphatic carbocycles. The molecule has 0 spiro atoms. The Morgan fingerprint density at radius 2 is 1.87 bits per heavy atom. The van der Waals surface area contributed by atoms with Crippen LogP contribution in [0.25, 0.3) is 0 Å². The molecule has 0 bridgehead atoms. The number of hydrogen-bond donors (Lipinski definition) is 2. The number of nitrogens with one attached hydrogen (secondary N) is 1. The van der Waals surface area contributed by atoms with Gasteiger partial charge in [0.05, 0.1) is 6.10 Å². The molecule has 2 N–H and O–H groups in total. The maximum absolute atomic E-state index is 9.54. The van der Waals surface area contributed by atoms with E-state index in [1.807, 2.05) is 0 Å². The van der Waals surface area contributed by atoms with Crippen LogP contribution in [0.1, 0.15) is 44.2 Å². The van der Waals surface area contributed by atoms with Crippen LogP contribution in [0.15, 0.2) is 24.3 Å². The van der Waals surface area contributed by atoms with Crippen molar-refractivity contribution in [1.29, 1.82) is 0 Å². The fraction of sp³-hybridized carbons (Fsp3) is 0.684. The first kappa shape index (κ1) is 18.2. The van der Waals surface area contributed by atoms with Gasteiger partial charge in [-0.2, -0.15) is 0 Å². The Hall–Kier alpha value is -1.10. The number of likely N-dealkylation sites (tertiary alicyclic amines) is 1. The zero-order chi connectivity index (χ0) is 16.7. The number of hydrogen-bond acceptors (Lipinski definition) is 4. The van der Waals surface area contributed by atoms with Gasteiger partial charge in [-0.15, -0.1) is 0 Å². The molecule has 130 valence electrons. The molecule has 0 radical (unpaired) electrons. The largest absolute Gasteiger partial charge is 0.393 e. The average molecular weight is 319 g/mol. The number of benzene rings is 1. The molecule has 4 nitrogen and oxygen atoms in total. The fourth-order valence-corrected chi connectivity index (χ4v) is 3.22. The van der Waals surface area contributed by atoms with Crippen LogP contribution < -0.4 is 10.2 Å². The second-order valence-electron chi connectivity index (χ2n) is 6.83. The lowest BCUT2D eigenvalue weighted by Crippen LogP contribution is -2.37. The van der Waals surface area contributed by atoms with Gasteiger partial charge in [0.25, 0.3) is 0 Å². The van der Waals surface area contributed by atoms with E-state index in [4.69, 9.17) is 0 Å². The highest BCUT2D eigenvalue weighted by atomic mass is 16.3. The number of aliphatic hydroxyl groups is 1. The Labute approximate surface area is 141 Å². The molecule has 1 fully saturated rings. The van der Waals surface area contributed by atoms with E-state index in [-0.39, 0.29) is 6.10 Å². The molecule has 1 unspecified atom stereocenters. The van der Waals surface area contributed by atoms with Crippen molar-refractivity contribution in [3.8, 4) is 0 Å². The summed E-state index contributed by atoms with van der Waals surface area (Å²) in [5.74, 6) is 0. The van der Waals surface area contributed by atoms with Crippen LogP contribution in [0.5, 0.6) is 0 Å². The van der Waals surface area contributed by atoms with Crippen molar-refractivity contribution < 1.29 is 5.11 Å². The third-order valence-corrected chi connectivity index (χ3v) is 4.82. The number of nitrogens with zero attached hydrogens (tertiary/aromatic N) is 2. The van der Waals surface area contributed by atoms with Crippen LogP contribution in [0.2, 0.25) is 0 Å². The van der Waals surface area contributed by atoms with E-state index in [0.717, 1.165) is 45.4 Å². The smallest absolute Gasteiger partial charge is 0.0564 e. The first-order chi connectivity index (χ1) is 11.1. The van der Waals surface area contributed by atoms with Gasteiger partial charge in [-0.05, 0) is 56.5 Å². The van der Waals surface area contributed by atoms with Gasteiger partial charge in [0.2, 0.25) is 0 Å². The number of rotatable bonds is 8. The van der Waals surface area contributed by atoms with Crippen molar-refractivity contribution in [1.82, 2.24) is 10.2 Å². The summed E-state index contributed by atoms with van der Waals surface area (Å²) in [6.07, 6.45) is 4.07. The lowest BCUT2D eigenvalue weighted by Gasteiger charge is -2.29. The van der Waals surface area contributed by atoms with E-state index in [1.54, 1.807) is 0 Å². The molecule has 0 amide bonds. The van der Waals surface area contributed by atoms with Crippen LogP contribution in [0.4, 0.5) is 5.69 Å². The lowest BCUT2D eigenvalue weighted by atomic mass is 10.0. The molecular formula is C19H33N3O. The van der Waals surface area contributed by atoms with Crippen LogP contribution in [0.3, 0.4) is 0 Å². The van der Waals surface area contributed by atoms with Gasteiger partial charge in [-0.1, -0.05) is 19.1 Å². The van der Waals surface area contributed by atoms with Crippen LogP contribution in [-0.4, -0.2) is 56.4 Å². The van der Waals surface area contributed by atoms with E-state index in [1.165, 1.54) is 17.7 Å². The van der Waals surface area contributed by atoms with Gasteiger partial charge in [-0.3, -0.25) is 0 Å². The second-order valence-corrected chi connectivity index (χ2v) is 6.83. The van der Waals surface area contributed by atoms with E-state index < -0.39 is 0 Å². The first-order valence-electron chi connectivity index (χ1n) is 9.01. The van der Waals surface area contributed by atoms with Crippen molar-refractivity contribution in [2.45, 2.75) is 44.8 Å². The van der Waals surface area contributed by atoms with Crippen LogP contribution in [0, 0.1) is 0 Å². The van der Waals surface area contributed by atoms with E-state index >= 15 is 0 Å². The maximum atomic E-state index is 9.54. The summed E-state index contributed by atoms with van der Waals surface area (Å²) in [5.41, 5.74) is 2.62. The van der Waals surface area contributed by atoms with Crippen LogP contribution >= 0.6 is 0 Å². The highest BCUT2D eigenvalue weighted by Crippen LogP contribution is 2.20. The minimum atomic E-state index is -0.0704. The third kappa shape index (κ3) is 5.79. The molecule has 4 heteroatoms. The summed E-state index contributed by atoms with van der Waals surface area (Å²) in [6.45, 7) is 6.51. The van der Waals surface area contributed by atoms with Crippen LogP contribution in [-0.2, 0) is 0 Å². The zero-order valence-corrected chi connectivity index (χ0v) is 15.0. The summed E-state index contributed by atoms with van der Waals surface area (Å²) < 4.78 is 0. The highest BCUT2D eigenvalue weighted by Gasteiger charge is 2.16. The molecule has 23 heavy (non-hydrogen) atoms. The van der Waals surface area contributed by atoms with Gasteiger partial charge in [0.1, 0.15) is 0 Å². The Kier molecular flexibility index (Phi) is 7.34. The summed E-state index contributed by atoms with van der Waals surface area (Å²) in [7, 11) is 4.15. The Morgan fingerprint density at radius 3 is 2.43 bits per heavy atom. The molecular weight excluding hydrogens is 286 g/mol. The molecule has 1 atom stereocenters. The van der Waals surface area contributed by atoms with Crippen molar-refractivity contribution in [2.75, 3.05) is 45.2 Å². The van der Waals surface area contributed by atoms with Crippen molar-refractivity contribution >= 4 is 5.69 Å². The number of piperidine rings is 1. The molecule has 0 saturated carbocycles. The summed E-state index contributed by atoms with van der Waals surface area (Å²) in [4.78, 5) is 4.61. The average Bonchev–Trinajstić information content (AvgIpc) is 2.57. The zero-order valence-electron chi connectivity index (χ0n) is 15.0. The predicted molar refractivity (Wildman–Crippen MR) is 98.1 cm³/mol. The molecule has 2 rings (SSSR count). The molecule has 1 aliphatic heterocycles. The van der Waals surface area contributed by atoms with Gasteiger partial charge in [0, 0.05) is 38.9 Å². The van der Waals surface area contributed by atoms with E-state index in [9.17, 15) is 5.11 Å². The monoisotopic (exact) mass is 319 g/mol. The van der Waals surface area contributed by atoms with Gasteiger partial charge in [0.15, 0.2) is 0 Å². The Bertz CT molecular complexity index is 438. The van der Waals surface area contributed by atoms with Gasteiger partial charge >= 0.3 is 0 Å². The Balaban J connectivity index is 1.72. The molecule has 1 saturated heterocycles. The SMILES string of the molecule is CCC(NCCCN1CCC(O)CC1)c1ccc(N(C)C)cc1. The summed E-state index contributed by atoms with van der Waals surface area (Å²) in [6, 6.07) is 9.30. The maximum Gasteiger partial charge on any atom is 0.0564 e. The molecule has 0 aromatic heterocycles. The summed E-state index contributed by atoms with van der Waals surface area (Å²) in [5, 5.41) is 13.2. The quantitative estimate of drug-likeness (QED) is 0.723. The fourth-order valence-electron chi connectivity index (χ4n) is 3.22. The van der Waals surface area contributed by atoms with Gasteiger partial charge in [-0.25, -0.2) is 0 Å². The first-order valence-corrected chi connectivity index (χ1v) is 9.01. The minimum absolute atomic E-state index is 0.0704. The van der Waals surface area contributed by atoms with Crippen molar-refractivity contribution in [3.63, 3.8) is 0 Å². The topological polar surface area (TPSA) is 38.7 Å². The highest BCUT2D eigenvalue weighted by molar-refractivity contribution is 5.46. The second kappa shape index (κ2) is 9.26. The predicted octanol–water partition coefficient (Wildman–Crippen LogP) is 2.64. The molecule has 1 aromatic carbocycles. The molecule has 1 aliphatic rings. The van der Waals surface area contributed by atoms with E-state index in [2.05, 4.69) is 60.4 Å². The Morgan fingerprint density at radius 1 is 1.22 bits per heavy atom. The van der Waals surface area contributed by atoms with Crippen molar-refractivity contribution in [2.24, 2.45) is 0 Å². The molecule has 1 heterocycles. The number of anilines is 1.